The standard InChI is InChI=1S/C18H17FN2/c19-12-6-4-11(5-7-12)18-15-3-1-2-14(15)16-10-13(20)8-9-17(16)21-18/h1-2,4-10,14-15,18,21H,3,20H2/t14-,15+,18+/m0/s1. The van der Waals surface area contributed by atoms with Gasteiger partial charge < -0.3 is 11.1 Å². The lowest BCUT2D eigenvalue weighted by Crippen LogP contribution is -2.29. The van der Waals surface area contributed by atoms with Crippen LogP contribution in [0, 0.1) is 11.7 Å². The van der Waals surface area contributed by atoms with Crippen molar-refractivity contribution in [3.63, 3.8) is 0 Å². The normalized spacial score (nSPS) is 26.0. The van der Waals surface area contributed by atoms with Gasteiger partial charge in [0, 0.05) is 17.3 Å². The van der Waals surface area contributed by atoms with Gasteiger partial charge in [-0.2, -0.15) is 0 Å². The number of hydrogen-bond donors (Lipinski definition) is 2. The third kappa shape index (κ3) is 2.00. The van der Waals surface area contributed by atoms with Crippen molar-refractivity contribution in [2.75, 3.05) is 11.1 Å². The average molecular weight is 280 g/mol. The number of nitrogen functional groups attached to an aromatic ring is 1. The number of rotatable bonds is 1. The number of nitrogens with one attached hydrogen (secondary N) is 1. The second-order valence-electron chi connectivity index (χ2n) is 5.87. The molecule has 0 amide bonds. The van der Waals surface area contributed by atoms with Crippen LogP contribution in [0.1, 0.15) is 29.5 Å². The Balaban J connectivity index is 1.78. The second-order valence-corrected chi connectivity index (χ2v) is 5.87. The van der Waals surface area contributed by atoms with Crippen LogP contribution in [0.3, 0.4) is 0 Å². The number of anilines is 2. The van der Waals surface area contributed by atoms with Gasteiger partial charge in [0.15, 0.2) is 0 Å². The number of hydrogen-bond acceptors (Lipinski definition) is 2. The van der Waals surface area contributed by atoms with Crippen LogP contribution in [0.25, 0.3) is 0 Å². The van der Waals surface area contributed by atoms with Crippen LogP contribution in [0.15, 0.2) is 54.6 Å². The van der Waals surface area contributed by atoms with Gasteiger partial charge >= 0.3 is 0 Å². The summed E-state index contributed by atoms with van der Waals surface area (Å²) in [4.78, 5) is 0. The smallest absolute Gasteiger partial charge is 0.123 e. The van der Waals surface area contributed by atoms with Crippen LogP contribution < -0.4 is 11.1 Å². The Morgan fingerprint density at radius 1 is 1.10 bits per heavy atom. The number of allylic oxidation sites excluding steroid dienone is 2. The third-order valence-corrected chi connectivity index (χ3v) is 4.62. The van der Waals surface area contributed by atoms with Crippen LogP contribution in [0.5, 0.6) is 0 Å². The molecule has 2 aliphatic rings. The number of nitrogens with two attached hydrogens (primary N) is 1. The lowest BCUT2D eigenvalue weighted by atomic mass is 9.77. The summed E-state index contributed by atoms with van der Waals surface area (Å²) in [6.07, 6.45) is 5.56. The maximum absolute atomic E-state index is 13.2. The maximum atomic E-state index is 13.2. The van der Waals surface area contributed by atoms with Crippen LogP contribution in [0.4, 0.5) is 15.8 Å². The van der Waals surface area contributed by atoms with E-state index in [1.54, 1.807) is 0 Å². The molecule has 3 atom stereocenters. The zero-order valence-corrected chi connectivity index (χ0v) is 11.6. The first kappa shape index (κ1) is 12.5. The topological polar surface area (TPSA) is 38.0 Å². The van der Waals surface area contributed by atoms with E-state index in [2.05, 4.69) is 23.5 Å². The maximum Gasteiger partial charge on any atom is 0.123 e. The Labute approximate surface area is 123 Å². The number of benzene rings is 2. The van der Waals surface area contributed by atoms with Gasteiger partial charge in [-0.1, -0.05) is 24.3 Å². The molecule has 3 heteroatoms. The van der Waals surface area contributed by atoms with Gasteiger partial charge in [0.05, 0.1) is 6.04 Å². The van der Waals surface area contributed by atoms with Crippen molar-refractivity contribution in [3.05, 3.63) is 71.6 Å². The van der Waals surface area contributed by atoms with Gasteiger partial charge in [0.1, 0.15) is 5.82 Å². The summed E-state index contributed by atoms with van der Waals surface area (Å²) in [6.45, 7) is 0. The molecule has 0 radical (unpaired) electrons. The molecule has 0 unspecified atom stereocenters. The summed E-state index contributed by atoms with van der Waals surface area (Å²) < 4.78 is 13.2. The van der Waals surface area contributed by atoms with Crippen molar-refractivity contribution in [2.45, 2.75) is 18.4 Å². The third-order valence-electron chi connectivity index (χ3n) is 4.62. The molecule has 0 spiro atoms. The Kier molecular flexibility index (Phi) is 2.74. The first-order valence-corrected chi connectivity index (χ1v) is 7.30. The van der Waals surface area contributed by atoms with Crippen LogP contribution in [0.2, 0.25) is 0 Å². The van der Waals surface area contributed by atoms with Gasteiger partial charge in [0.25, 0.3) is 0 Å². The van der Waals surface area contributed by atoms with Crippen LogP contribution in [-0.2, 0) is 0 Å². The minimum atomic E-state index is -0.191. The summed E-state index contributed by atoms with van der Waals surface area (Å²) in [5.74, 6) is 0.661. The molecular formula is C18H17FN2. The highest BCUT2D eigenvalue weighted by Gasteiger charge is 2.37. The molecule has 2 aromatic rings. The quantitative estimate of drug-likeness (QED) is 0.606. The van der Waals surface area contributed by atoms with Crippen molar-refractivity contribution < 1.29 is 4.39 Å². The SMILES string of the molecule is Nc1ccc2c(c1)[C@H]1C=CC[C@H]1[C@@H](c1ccc(F)cc1)N2. The van der Waals surface area contributed by atoms with Crippen LogP contribution in [-0.4, -0.2) is 0 Å². The highest BCUT2D eigenvalue weighted by atomic mass is 19.1. The Hall–Kier alpha value is -2.29. The molecule has 0 aromatic heterocycles. The zero-order chi connectivity index (χ0) is 14.4. The van der Waals surface area contributed by atoms with Gasteiger partial charge in [0.2, 0.25) is 0 Å². The fourth-order valence-corrected chi connectivity index (χ4v) is 3.61. The summed E-state index contributed by atoms with van der Waals surface area (Å²) in [5.41, 5.74) is 10.3. The number of fused-ring (bicyclic) bond motifs is 3. The Bertz CT molecular complexity index is 706. The molecule has 0 saturated heterocycles. The summed E-state index contributed by atoms with van der Waals surface area (Å²) >= 11 is 0. The molecule has 0 bridgehead atoms. The molecule has 1 aliphatic heterocycles. The molecule has 2 nitrogen and oxygen atoms in total. The Morgan fingerprint density at radius 2 is 1.90 bits per heavy atom. The Morgan fingerprint density at radius 3 is 2.71 bits per heavy atom. The molecule has 106 valence electrons. The van der Waals surface area contributed by atoms with E-state index in [1.165, 1.54) is 17.7 Å². The zero-order valence-electron chi connectivity index (χ0n) is 11.6. The predicted molar refractivity (Wildman–Crippen MR) is 83.6 cm³/mol. The van der Waals surface area contributed by atoms with Crippen molar-refractivity contribution >= 4 is 11.4 Å². The van der Waals surface area contributed by atoms with Crippen molar-refractivity contribution in [2.24, 2.45) is 5.92 Å². The van der Waals surface area contributed by atoms with E-state index in [0.717, 1.165) is 23.4 Å². The van der Waals surface area contributed by atoms with Gasteiger partial charge in [-0.15, -0.1) is 0 Å². The molecular weight excluding hydrogens is 263 g/mol. The highest BCUT2D eigenvalue weighted by molar-refractivity contribution is 5.64. The lowest BCUT2D eigenvalue weighted by molar-refractivity contribution is 0.425. The van der Waals surface area contributed by atoms with Gasteiger partial charge in [-0.25, -0.2) is 4.39 Å². The van der Waals surface area contributed by atoms with E-state index >= 15 is 0 Å². The van der Waals surface area contributed by atoms with E-state index in [1.807, 2.05) is 24.3 Å². The number of halogens is 1. The lowest BCUT2D eigenvalue weighted by Gasteiger charge is -2.37. The van der Waals surface area contributed by atoms with Crippen molar-refractivity contribution in [1.82, 2.24) is 0 Å². The molecule has 2 aromatic carbocycles. The monoisotopic (exact) mass is 280 g/mol. The highest BCUT2D eigenvalue weighted by Crippen LogP contribution is 2.50. The molecule has 4 rings (SSSR count). The van der Waals surface area contributed by atoms with E-state index in [4.69, 9.17) is 5.73 Å². The van der Waals surface area contributed by atoms with Crippen molar-refractivity contribution in [1.29, 1.82) is 0 Å². The molecule has 0 saturated carbocycles. The fraction of sp³-hybridized carbons (Fsp3) is 0.222. The van der Waals surface area contributed by atoms with Crippen LogP contribution >= 0.6 is 0 Å². The summed E-state index contributed by atoms with van der Waals surface area (Å²) in [7, 11) is 0. The fourth-order valence-electron chi connectivity index (χ4n) is 3.61. The van der Waals surface area contributed by atoms with E-state index in [0.29, 0.717) is 11.8 Å². The van der Waals surface area contributed by atoms with E-state index < -0.39 is 0 Å². The second kappa shape index (κ2) is 4.62. The summed E-state index contributed by atoms with van der Waals surface area (Å²) in [6, 6.07) is 13.1. The van der Waals surface area contributed by atoms with Crippen molar-refractivity contribution in [3.8, 4) is 0 Å². The molecule has 3 N–H and O–H groups in total. The minimum Gasteiger partial charge on any atom is -0.399 e. The van der Waals surface area contributed by atoms with E-state index in [9.17, 15) is 4.39 Å². The van der Waals surface area contributed by atoms with Gasteiger partial charge in [-0.05, 0) is 53.8 Å². The van der Waals surface area contributed by atoms with E-state index in [-0.39, 0.29) is 11.9 Å². The first-order chi connectivity index (χ1) is 10.2. The first-order valence-electron chi connectivity index (χ1n) is 7.30. The average Bonchev–Trinajstić information content (AvgIpc) is 2.97. The largest absolute Gasteiger partial charge is 0.399 e. The minimum absolute atomic E-state index is 0.191. The predicted octanol–water partition coefficient (Wildman–Crippen LogP) is 4.23. The summed E-state index contributed by atoms with van der Waals surface area (Å²) in [5, 5.41) is 3.61. The van der Waals surface area contributed by atoms with Gasteiger partial charge in [-0.3, -0.25) is 0 Å². The molecule has 0 fully saturated rings. The molecule has 1 heterocycles. The molecule has 1 aliphatic carbocycles. The molecule has 21 heavy (non-hydrogen) atoms.